The normalized spacial score (nSPS) is 30.3. The summed E-state index contributed by atoms with van der Waals surface area (Å²) in [6.45, 7) is 2.44. The molecule has 3 atom stereocenters. The van der Waals surface area contributed by atoms with Gasteiger partial charge < -0.3 is 10.5 Å². The molecule has 4 nitrogen and oxygen atoms in total. The number of hydrogen-bond acceptors (Lipinski definition) is 4. The summed E-state index contributed by atoms with van der Waals surface area (Å²) in [5.74, 6) is -0.805. The Bertz CT molecular complexity index is 575. The van der Waals surface area contributed by atoms with Crippen molar-refractivity contribution in [3.8, 4) is 0 Å². The van der Waals surface area contributed by atoms with E-state index in [1.165, 1.54) is 12.1 Å². The SMILES string of the molecule is CCOC[C@@]1(N)[C@H](c2cccc(F)c2)[C@@H]1S(C)(=O)=O. The van der Waals surface area contributed by atoms with E-state index in [-0.39, 0.29) is 6.61 Å². The van der Waals surface area contributed by atoms with Crippen LogP contribution in [-0.2, 0) is 14.6 Å². The molecule has 0 aromatic heterocycles. The van der Waals surface area contributed by atoms with Gasteiger partial charge in [-0.2, -0.15) is 0 Å². The van der Waals surface area contributed by atoms with Gasteiger partial charge in [-0.25, -0.2) is 12.8 Å². The van der Waals surface area contributed by atoms with E-state index in [0.717, 1.165) is 6.26 Å². The molecule has 2 rings (SSSR count). The Kier molecular flexibility index (Phi) is 3.68. The summed E-state index contributed by atoms with van der Waals surface area (Å²) in [5.41, 5.74) is 5.81. The molecule has 0 spiro atoms. The van der Waals surface area contributed by atoms with Gasteiger partial charge in [0.1, 0.15) is 5.82 Å². The molecule has 19 heavy (non-hydrogen) atoms. The molecule has 6 heteroatoms. The third kappa shape index (κ3) is 2.66. The van der Waals surface area contributed by atoms with Crippen molar-refractivity contribution in [3.63, 3.8) is 0 Å². The molecule has 106 valence electrons. The lowest BCUT2D eigenvalue weighted by Crippen LogP contribution is -2.36. The van der Waals surface area contributed by atoms with Crippen LogP contribution in [0.15, 0.2) is 24.3 Å². The lowest BCUT2D eigenvalue weighted by molar-refractivity contribution is 0.125. The lowest BCUT2D eigenvalue weighted by Gasteiger charge is -2.11. The van der Waals surface area contributed by atoms with Crippen molar-refractivity contribution in [3.05, 3.63) is 35.6 Å². The second-order valence-electron chi connectivity index (χ2n) is 5.03. The molecule has 1 aromatic rings. The Labute approximate surface area is 112 Å². The first kappa shape index (κ1) is 14.4. The van der Waals surface area contributed by atoms with Crippen LogP contribution in [0, 0.1) is 5.82 Å². The number of hydrogen-bond donors (Lipinski definition) is 1. The predicted molar refractivity (Wildman–Crippen MR) is 71.2 cm³/mol. The highest BCUT2D eigenvalue weighted by atomic mass is 32.2. The fraction of sp³-hybridized carbons (Fsp3) is 0.538. The maximum atomic E-state index is 13.3. The van der Waals surface area contributed by atoms with E-state index in [0.29, 0.717) is 12.2 Å². The van der Waals surface area contributed by atoms with Gasteiger partial charge in [-0.05, 0) is 24.6 Å². The minimum absolute atomic E-state index is 0.155. The van der Waals surface area contributed by atoms with Gasteiger partial charge in [-0.1, -0.05) is 12.1 Å². The topological polar surface area (TPSA) is 69.4 Å². The smallest absolute Gasteiger partial charge is 0.152 e. The minimum Gasteiger partial charge on any atom is -0.380 e. The largest absolute Gasteiger partial charge is 0.380 e. The molecular formula is C13H18FNO3S. The first-order valence-electron chi connectivity index (χ1n) is 6.11. The first-order chi connectivity index (χ1) is 8.80. The quantitative estimate of drug-likeness (QED) is 0.879. The third-order valence-corrected chi connectivity index (χ3v) is 5.16. The fourth-order valence-corrected chi connectivity index (χ4v) is 4.54. The van der Waals surface area contributed by atoms with Crippen LogP contribution in [0.3, 0.4) is 0 Å². The van der Waals surface area contributed by atoms with E-state index in [1.807, 2.05) is 6.92 Å². The standard InChI is InChI=1S/C13H18FNO3S/c1-3-18-8-13(15)11(12(13)19(2,16)17)9-5-4-6-10(14)7-9/h4-7,11-12H,3,8,15H2,1-2H3/t11-,12+,13-/m1/s1. The average Bonchev–Trinajstić information content (AvgIpc) is 2.94. The summed E-state index contributed by atoms with van der Waals surface area (Å²) in [7, 11) is -3.31. The molecular weight excluding hydrogens is 269 g/mol. The van der Waals surface area contributed by atoms with Crippen LogP contribution < -0.4 is 5.73 Å². The summed E-state index contributed by atoms with van der Waals surface area (Å²) in [5, 5.41) is -0.714. The van der Waals surface area contributed by atoms with Crippen LogP contribution in [0.25, 0.3) is 0 Å². The summed E-state index contributed by atoms with van der Waals surface area (Å²) < 4.78 is 42.2. The number of rotatable bonds is 5. The highest BCUT2D eigenvalue weighted by Crippen LogP contribution is 2.54. The molecule has 1 aliphatic rings. The molecule has 0 unspecified atom stereocenters. The molecule has 1 fully saturated rings. The Morgan fingerprint density at radius 1 is 1.47 bits per heavy atom. The van der Waals surface area contributed by atoms with Gasteiger partial charge in [0.15, 0.2) is 9.84 Å². The van der Waals surface area contributed by atoms with Gasteiger partial charge in [0, 0.05) is 18.8 Å². The average molecular weight is 287 g/mol. The molecule has 1 aliphatic carbocycles. The van der Waals surface area contributed by atoms with Crippen molar-refractivity contribution >= 4 is 9.84 Å². The van der Waals surface area contributed by atoms with Gasteiger partial charge in [0.2, 0.25) is 0 Å². The van der Waals surface area contributed by atoms with Crippen molar-refractivity contribution in [1.29, 1.82) is 0 Å². The van der Waals surface area contributed by atoms with Gasteiger partial charge in [0.25, 0.3) is 0 Å². The van der Waals surface area contributed by atoms with Crippen LogP contribution in [0.5, 0.6) is 0 Å². The second kappa shape index (κ2) is 4.85. The zero-order valence-electron chi connectivity index (χ0n) is 11.0. The number of benzene rings is 1. The van der Waals surface area contributed by atoms with Crippen LogP contribution in [0.2, 0.25) is 0 Å². The Morgan fingerprint density at radius 2 is 2.16 bits per heavy atom. The Morgan fingerprint density at radius 3 is 2.68 bits per heavy atom. The Hall–Kier alpha value is -0.980. The van der Waals surface area contributed by atoms with Gasteiger partial charge >= 0.3 is 0 Å². The van der Waals surface area contributed by atoms with Gasteiger partial charge in [-0.3, -0.25) is 0 Å². The number of halogens is 1. The summed E-state index contributed by atoms with van der Waals surface area (Å²) >= 11 is 0. The lowest BCUT2D eigenvalue weighted by atomic mass is 10.1. The van der Waals surface area contributed by atoms with Crippen LogP contribution in [0.4, 0.5) is 4.39 Å². The molecule has 0 bridgehead atoms. The summed E-state index contributed by atoms with van der Waals surface area (Å²) in [4.78, 5) is 0. The highest BCUT2D eigenvalue weighted by Gasteiger charge is 2.68. The van der Waals surface area contributed by atoms with Crippen molar-refractivity contribution in [2.24, 2.45) is 5.73 Å². The van der Waals surface area contributed by atoms with E-state index >= 15 is 0 Å². The van der Waals surface area contributed by atoms with E-state index in [9.17, 15) is 12.8 Å². The number of ether oxygens (including phenoxy) is 1. The summed E-state index contributed by atoms with van der Waals surface area (Å²) in [6, 6.07) is 5.92. The fourth-order valence-electron chi connectivity index (χ4n) is 2.70. The monoisotopic (exact) mass is 287 g/mol. The first-order valence-corrected chi connectivity index (χ1v) is 8.07. The second-order valence-corrected chi connectivity index (χ2v) is 7.20. The van der Waals surface area contributed by atoms with Crippen LogP contribution in [0.1, 0.15) is 18.4 Å². The molecule has 0 heterocycles. The molecule has 0 amide bonds. The van der Waals surface area contributed by atoms with Crippen molar-refractivity contribution in [2.75, 3.05) is 19.5 Å². The zero-order chi connectivity index (χ0) is 14.3. The van der Waals surface area contributed by atoms with E-state index < -0.39 is 32.4 Å². The third-order valence-electron chi connectivity index (χ3n) is 3.53. The molecule has 1 aromatic carbocycles. The highest BCUT2D eigenvalue weighted by molar-refractivity contribution is 7.91. The van der Waals surface area contributed by atoms with Crippen LogP contribution >= 0.6 is 0 Å². The van der Waals surface area contributed by atoms with E-state index in [4.69, 9.17) is 10.5 Å². The van der Waals surface area contributed by atoms with Gasteiger partial charge in [-0.15, -0.1) is 0 Å². The zero-order valence-corrected chi connectivity index (χ0v) is 11.8. The van der Waals surface area contributed by atoms with Gasteiger partial charge in [0.05, 0.1) is 17.4 Å². The van der Waals surface area contributed by atoms with E-state index in [1.54, 1.807) is 12.1 Å². The maximum absolute atomic E-state index is 13.3. The number of nitrogens with two attached hydrogens (primary N) is 1. The van der Waals surface area contributed by atoms with Crippen LogP contribution in [-0.4, -0.2) is 38.7 Å². The maximum Gasteiger partial charge on any atom is 0.152 e. The van der Waals surface area contributed by atoms with Crippen molar-refractivity contribution in [1.82, 2.24) is 0 Å². The Balaban J connectivity index is 2.33. The number of sulfone groups is 1. The summed E-state index contributed by atoms with van der Waals surface area (Å²) in [6.07, 6.45) is 1.16. The molecule has 0 radical (unpaired) electrons. The molecule has 0 aliphatic heterocycles. The molecule has 2 N–H and O–H groups in total. The van der Waals surface area contributed by atoms with E-state index in [2.05, 4.69) is 0 Å². The molecule has 0 saturated heterocycles. The van der Waals surface area contributed by atoms with Crippen molar-refractivity contribution in [2.45, 2.75) is 23.6 Å². The van der Waals surface area contributed by atoms with Crippen molar-refractivity contribution < 1.29 is 17.5 Å². The molecule has 1 saturated carbocycles. The predicted octanol–water partition coefficient (Wildman–Crippen LogP) is 1.07. The minimum atomic E-state index is -3.31.